The van der Waals surface area contributed by atoms with Crippen LogP contribution in [-0.4, -0.2) is 5.91 Å². The van der Waals surface area contributed by atoms with Crippen molar-refractivity contribution >= 4 is 11.6 Å². The maximum absolute atomic E-state index is 11.0. The molecule has 0 aromatic heterocycles. The fraction of sp³-hybridized carbons (Fsp3) is 0.500. The third-order valence-electron chi connectivity index (χ3n) is 2.05. The quantitative estimate of drug-likeness (QED) is 0.764. The molecule has 0 bridgehead atoms. The van der Waals surface area contributed by atoms with Crippen LogP contribution in [-0.2, 0) is 10.2 Å². The molecular formula is C14H23NO. The van der Waals surface area contributed by atoms with E-state index in [1.165, 1.54) is 6.92 Å². The number of anilines is 1. The molecular weight excluding hydrogens is 198 g/mol. The molecule has 2 heteroatoms. The average Bonchev–Trinajstić information content (AvgIpc) is 2.19. The molecule has 0 atom stereocenters. The van der Waals surface area contributed by atoms with Crippen LogP contribution in [0.5, 0.6) is 0 Å². The van der Waals surface area contributed by atoms with Crippen LogP contribution in [0.4, 0.5) is 5.69 Å². The van der Waals surface area contributed by atoms with Gasteiger partial charge in [0.25, 0.3) is 0 Å². The average molecular weight is 221 g/mol. The van der Waals surface area contributed by atoms with Crippen molar-refractivity contribution in [2.75, 3.05) is 5.32 Å². The second-order valence-electron chi connectivity index (χ2n) is 4.48. The molecule has 1 aromatic carbocycles. The number of benzene rings is 1. The second kappa shape index (κ2) is 6.31. The van der Waals surface area contributed by atoms with Crippen LogP contribution in [0.25, 0.3) is 0 Å². The molecule has 2 nitrogen and oxygen atoms in total. The SMILES string of the molecule is CC.CC(=O)Nc1ccccc1C(C)(C)C. The van der Waals surface area contributed by atoms with Crippen LogP contribution >= 0.6 is 0 Å². The maximum atomic E-state index is 11.0. The molecule has 0 aliphatic rings. The molecule has 1 rings (SSSR count). The molecule has 0 aliphatic carbocycles. The van der Waals surface area contributed by atoms with Crippen molar-refractivity contribution in [3.8, 4) is 0 Å². The van der Waals surface area contributed by atoms with E-state index in [0.29, 0.717) is 0 Å². The van der Waals surface area contributed by atoms with Crippen LogP contribution in [0.15, 0.2) is 24.3 Å². The molecule has 0 saturated heterocycles. The summed E-state index contributed by atoms with van der Waals surface area (Å²) in [6, 6.07) is 7.90. The Kier molecular flexibility index (Phi) is 5.79. The van der Waals surface area contributed by atoms with Gasteiger partial charge in [-0.25, -0.2) is 0 Å². The summed E-state index contributed by atoms with van der Waals surface area (Å²) in [5, 5.41) is 2.84. The molecule has 1 N–H and O–H groups in total. The molecule has 1 amide bonds. The number of para-hydroxylation sites is 1. The highest BCUT2D eigenvalue weighted by Gasteiger charge is 2.17. The van der Waals surface area contributed by atoms with Crippen LogP contribution < -0.4 is 5.32 Å². The van der Waals surface area contributed by atoms with Gasteiger partial charge < -0.3 is 5.32 Å². The van der Waals surface area contributed by atoms with Gasteiger partial charge in [0, 0.05) is 12.6 Å². The predicted molar refractivity (Wildman–Crippen MR) is 70.8 cm³/mol. The van der Waals surface area contributed by atoms with Gasteiger partial charge in [-0.1, -0.05) is 52.8 Å². The lowest BCUT2D eigenvalue weighted by atomic mass is 9.86. The van der Waals surface area contributed by atoms with Gasteiger partial charge in [0.2, 0.25) is 5.91 Å². The van der Waals surface area contributed by atoms with Crippen LogP contribution in [0.1, 0.15) is 47.1 Å². The van der Waals surface area contributed by atoms with Gasteiger partial charge in [-0.3, -0.25) is 4.79 Å². The molecule has 0 unspecified atom stereocenters. The van der Waals surface area contributed by atoms with Gasteiger partial charge in [-0.15, -0.1) is 0 Å². The molecule has 0 saturated carbocycles. The smallest absolute Gasteiger partial charge is 0.221 e. The molecule has 0 radical (unpaired) electrons. The van der Waals surface area contributed by atoms with Crippen molar-refractivity contribution in [1.29, 1.82) is 0 Å². The van der Waals surface area contributed by atoms with E-state index in [-0.39, 0.29) is 11.3 Å². The van der Waals surface area contributed by atoms with Gasteiger partial charge in [0.15, 0.2) is 0 Å². The van der Waals surface area contributed by atoms with Crippen molar-refractivity contribution < 1.29 is 4.79 Å². The molecule has 0 aliphatic heterocycles. The molecule has 16 heavy (non-hydrogen) atoms. The standard InChI is InChI=1S/C12H17NO.C2H6/c1-9(14)13-11-8-6-5-7-10(11)12(2,3)4;1-2/h5-8H,1-4H3,(H,13,14);1-2H3. The van der Waals surface area contributed by atoms with Crippen molar-refractivity contribution in [2.24, 2.45) is 0 Å². The van der Waals surface area contributed by atoms with E-state index in [0.717, 1.165) is 11.3 Å². The summed E-state index contributed by atoms with van der Waals surface area (Å²) in [5.41, 5.74) is 2.13. The normalized spacial score (nSPS) is 10.1. The first kappa shape index (κ1) is 14.7. The molecule has 90 valence electrons. The van der Waals surface area contributed by atoms with Crippen molar-refractivity contribution in [3.63, 3.8) is 0 Å². The van der Waals surface area contributed by atoms with Crippen molar-refractivity contribution in [2.45, 2.75) is 47.0 Å². The minimum atomic E-state index is -0.0262. The fourth-order valence-electron chi connectivity index (χ4n) is 1.44. The monoisotopic (exact) mass is 221 g/mol. The van der Waals surface area contributed by atoms with E-state index in [4.69, 9.17) is 0 Å². The van der Waals surface area contributed by atoms with E-state index in [1.54, 1.807) is 0 Å². The third kappa shape index (κ3) is 4.47. The van der Waals surface area contributed by atoms with Gasteiger partial charge >= 0.3 is 0 Å². The molecule has 0 fully saturated rings. The van der Waals surface area contributed by atoms with Gasteiger partial charge in [-0.05, 0) is 17.0 Å². The van der Waals surface area contributed by atoms with Crippen molar-refractivity contribution in [1.82, 2.24) is 0 Å². The van der Waals surface area contributed by atoms with Gasteiger partial charge in [0.05, 0.1) is 0 Å². The summed E-state index contributed by atoms with van der Waals surface area (Å²) in [6.07, 6.45) is 0. The van der Waals surface area contributed by atoms with Crippen LogP contribution in [0, 0.1) is 0 Å². The lowest BCUT2D eigenvalue weighted by molar-refractivity contribution is -0.114. The second-order valence-corrected chi connectivity index (χ2v) is 4.48. The summed E-state index contributed by atoms with van der Waals surface area (Å²) >= 11 is 0. The Morgan fingerprint density at radius 2 is 1.62 bits per heavy atom. The first-order valence-corrected chi connectivity index (χ1v) is 5.78. The number of hydrogen-bond donors (Lipinski definition) is 1. The van der Waals surface area contributed by atoms with Crippen molar-refractivity contribution in [3.05, 3.63) is 29.8 Å². The van der Waals surface area contributed by atoms with E-state index in [2.05, 4.69) is 26.1 Å². The fourth-order valence-corrected chi connectivity index (χ4v) is 1.44. The Bertz CT molecular complexity index is 337. The summed E-state index contributed by atoms with van der Waals surface area (Å²) in [4.78, 5) is 11.0. The Balaban J connectivity index is 0.00000106. The van der Waals surface area contributed by atoms with E-state index in [1.807, 2.05) is 38.1 Å². The maximum Gasteiger partial charge on any atom is 0.221 e. The minimum Gasteiger partial charge on any atom is -0.326 e. The number of carbonyl (C=O) groups is 1. The zero-order chi connectivity index (χ0) is 12.8. The third-order valence-corrected chi connectivity index (χ3v) is 2.05. The Hall–Kier alpha value is -1.31. The van der Waals surface area contributed by atoms with E-state index < -0.39 is 0 Å². The Morgan fingerprint density at radius 3 is 2.06 bits per heavy atom. The number of carbonyl (C=O) groups excluding carboxylic acids is 1. The van der Waals surface area contributed by atoms with Crippen LogP contribution in [0.2, 0.25) is 0 Å². The molecule has 1 aromatic rings. The largest absolute Gasteiger partial charge is 0.326 e. The summed E-state index contributed by atoms with van der Waals surface area (Å²) in [5.74, 6) is -0.0262. The number of nitrogens with one attached hydrogen (secondary N) is 1. The Labute approximate surface area is 99.1 Å². The Morgan fingerprint density at radius 1 is 1.12 bits per heavy atom. The highest BCUT2D eigenvalue weighted by atomic mass is 16.1. The molecule has 0 heterocycles. The first-order chi connectivity index (χ1) is 7.41. The summed E-state index contributed by atoms with van der Waals surface area (Å²) in [7, 11) is 0. The molecule has 0 spiro atoms. The summed E-state index contributed by atoms with van der Waals surface area (Å²) < 4.78 is 0. The van der Waals surface area contributed by atoms with Crippen LogP contribution in [0.3, 0.4) is 0 Å². The van der Waals surface area contributed by atoms with Gasteiger partial charge in [0.1, 0.15) is 0 Å². The highest BCUT2D eigenvalue weighted by molar-refractivity contribution is 5.89. The van der Waals surface area contributed by atoms with Gasteiger partial charge in [-0.2, -0.15) is 0 Å². The minimum absolute atomic E-state index is 0.0262. The number of amides is 1. The lowest BCUT2D eigenvalue weighted by Gasteiger charge is -2.22. The number of hydrogen-bond acceptors (Lipinski definition) is 1. The van der Waals surface area contributed by atoms with E-state index >= 15 is 0 Å². The zero-order valence-electron chi connectivity index (χ0n) is 11.2. The topological polar surface area (TPSA) is 29.1 Å². The van der Waals surface area contributed by atoms with E-state index in [9.17, 15) is 4.79 Å². The number of rotatable bonds is 1. The predicted octanol–water partition coefficient (Wildman–Crippen LogP) is 3.97. The highest BCUT2D eigenvalue weighted by Crippen LogP contribution is 2.28. The first-order valence-electron chi connectivity index (χ1n) is 5.78. The summed E-state index contributed by atoms with van der Waals surface area (Å²) in [6.45, 7) is 11.9. The lowest BCUT2D eigenvalue weighted by Crippen LogP contribution is -2.16. The zero-order valence-corrected chi connectivity index (χ0v) is 11.2.